The van der Waals surface area contributed by atoms with Gasteiger partial charge in [0.2, 0.25) is 0 Å². The Labute approximate surface area is 126 Å². The molecular weight excluding hydrogens is 295 g/mol. The molecule has 0 aliphatic heterocycles. The summed E-state index contributed by atoms with van der Waals surface area (Å²) >= 11 is 1.71. The van der Waals surface area contributed by atoms with Gasteiger partial charge >= 0.3 is 12.0 Å². The van der Waals surface area contributed by atoms with Crippen LogP contribution < -0.4 is 10.6 Å². The number of amides is 2. The number of carbonyl (C=O) groups is 2. The van der Waals surface area contributed by atoms with E-state index in [1.54, 1.807) is 11.8 Å². The van der Waals surface area contributed by atoms with Crippen LogP contribution in [0.4, 0.5) is 14.9 Å². The van der Waals surface area contributed by atoms with Crippen molar-refractivity contribution in [1.82, 2.24) is 5.32 Å². The number of rotatable bonds is 4. The Morgan fingerprint density at radius 3 is 2.81 bits per heavy atom. The van der Waals surface area contributed by atoms with Crippen molar-refractivity contribution in [3.63, 3.8) is 0 Å². The Kier molecular flexibility index (Phi) is 5.06. The molecule has 0 spiro atoms. The number of halogens is 1. The minimum absolute atomic E-state index is 0.0775. The van der Waals surface area contributed by atoms with Gasteiger partial charge in [-0.3, -0.25) is 0 Å². The van der Waals surface area contributed by atoms with E-state index in [0.29, 0.717) is 5.25 Å². The van der Waals surface area contributed by atoms with E-state index in [1.807, 2.05) is 6.26 Å². The van der Waals surface area contributed by atoms with Crippen molar-refractivity contribution in [2.75, 3.05) is 11.6 Å². The lowest BCUT2D eigenvalue weighted by Gasteiger charge is -2.19. The number of nitrogens with one attached hydrogen (secondary N) is 2. The molecule has 1 aromatic carbocycles. The highest BCUT2D eigenvalue weighted by Gasteiger charge is 2.28. The second-order valence-corrected chi connectivity index (χ2v) is 5.98. The molecular formula is C14H17FN2O3S. The molecule has 1 aliphatic rings. The average molecular weight is 312 g/mol. The number of anilines is 1. The summed E-state index contributed by atoms with van der Waals surface area (Å²) in [5.41, 5.74) is -0.182. The third kappa shape index (κ3) is 3.87. The summed E-state index contributed by atoms with van der Waals surface area (Å²) < 4.78 is 13.1. The molecule has 1 saturated carbocycles. The lowest BCUT2D eigenvalue weighted by Crippen LogP contribution is -2.41. The van der Waals surface area contributed by atoms with Crippen LogP contribution in [0.25, 0.3) is 0 Å². The number of thioether (sulfide) groups is 1. The third-order valence-electron chi connectivity index (χ3n) is 3.53. The van der Waals surface area contributed by atoms with Crippen LogP contribution in [0.3, 0.4) is 0 Å². The maximum absolute atomic E-state index is 13.1. The Bertz CT molecular complexity index is 553. The predicted octanol–water partition coefficient (Wildman–Crippen LogP) is 2.93. The topological polar surface area (TPSA) is 78.4 Å². The van der Waals surface area contributed by atoms with Crippen molar-refractivity contribution < 1.29 is 19.1 Å². The Hall–Kier alpha value is -1.76. The van der Waals surface area contributed by atoms with Crippen molar-refractivity contribution >= 4 is 29.4 Å². The fraction of sp³-hybridized carbons (Fsp3) is 0.429. The summed E-state index contributed by atoms with van der Waals surface area (Å²) in [6, 6.07) is 2.86. The van der Waals surface area contributed by atoms with Gasteiger partial charge in [-0.15, -0.1) is 0 Å². The second kappa shape index (κ2) is 6.80. The number of aromatic carboxylic acids is 1. The fourth-order valence-corrected chi connectivity index (χ4v) is 3.44. The normalized spacial score (nSPS) is 21.0. The first-order valence-corrected chi connectivity index (χ1v) is 7.93. The first kappa shape index (κ1) is 15.6. The molecule has 0 bridgehead atoms. The van der Waals surface area contributed by atoms with Gasteiger partial charge in [0.25, 0.3) is 0 Å². The molecule has 1 aromatic rings. The summed E-state index contributed by atoms with van der Waals surface area (Å²) in [5, 5.41) is 14.7. The first-order chi connectivity index (χ1) is 10.0. The SMILES string of the molecule is CSC1CCCC1NC(=O)Nc1ccc(F)cc1C(=O)O. The standard InChI is InChI=1S/C14H17FN2O3S/c1-21-12-4-2-3-11(12)17-14(20)16-10-6-5-8(15)7-9(10)13(18)19/h5-7,11-12H,2-4H2,1H3,(H,18,19)(H2,16,17,20). The summed E-state index contributed by atoms with van der Waals surface area (Å²) in [6.07, 6.45) is 5.04. The molecule has 114 valence electrons. The van der Waals surface area contributed by atoms with E-state index in [4.69, 9.17) is 5.11 Å². The van der Waals surface area contributed by atoms with Crippen LogP contribution in [0, 0.1) is 5.82 Å². The lowest BCUT2D eigenvalue weighted by molar-refractivity contribution is 0.0697. The van der Waals surface area contributed by atoms with Gasteiger partial charge in [0.1, 0.15) is 5.82 Å². The molecule has 21 heavy (non-hydrogen) atoms. The summed E-state index contributed by atoms with van der Waals surface area (Å²) in [4.78, 5) is 23.0. The van der Waals surface area contributed by atoms with Gasteiger partial charge in [-0.05, 0) is 37.3 Å². The van der Waals surface area contributed by atoms with Crippen molar-refractivity contribution in [2.45, 2.75) is 30.6 Å². The van der Waals surface area contributed by atoms with Crippen LogP contribution in [0.1, 0.15) is 29.6 Å². The molecule has 0 radical (unpaired) electrons. The zero-order chi connectivity index (χ0) is 15.4. The predicted molar refractivity (Wildman–Crippen MR) is 80.5 cm³/mol. The molecule has 2 amide bonds. The third-order valence-corrected chi connectivity index (χ3v) is 4.70. The van der Waals surface area contributed by atoms with Crippen LogP contribution >= 0.6 is 11.8 Å². The Morgan fingerprint density at radius 2 is 2.14 bits per heavy atom. The highest BCUT2D eigenvalue weighted by atomic mass is 32.2. The van der Waals surface area contributed by atoms with Gasteiger partial charge < -0.3 is 15.7 Å². The van der Waals surface area contributed by atoms with E-state index < -0.39 is 17.8 Å². The molecule has 2 atom stereocenters. The molecule has 5 nitrogen and oxygen atoms in total. The van der Waals surface area contributed by atoms with Crippen LogP contribution in [0.5, 0.6) is 0 Å². The maximum atomic E-state index is 13.1. The summed E-state index contributed by atoms with van der Waals surface area (Å²) in [6.45, 7) is 0. The van der Waals surface area contributed by atoms with E-state index in [1.165, 1.54) is 6.07 Å². The summed E-state index contributed by atoms with van der Waals surface area (Å²) in [5.74, 6) is -1.94. The number of carboxylic acids is 1. The van der Waals surface area contributed by atoms with Gasteiger partial charge in [-0.1, -0.05) is 6.42 Å². The largest absolute Gasteiger partial charge is 0.478 e. The fourth-order valence-electron chi connectivity index (χ4n) is 2.50. The van der Waals surface area contributed by atoms with Crippen molar-refractivity contribution in [3.05, 3.63) is 29.6 Å². The van der Waals surface area contributed by atoms with Crippen molar-refractivity contribution in [2.24, 2.45) is 0 Å². The maximum Gasteiger partial charge on any atom is 0.337 e. The monoisotopic (exact) mass is 312 g/mol. The van der Waals surface area contributed by atoms with E-state index in [2.05, 4.69) is 10.6 Å². The second-order valence-electron chi connectivity index (χ2n) is 4.91. The zero-order valence-corrected chi connectivity index (χ0v) is 12.4. The van der Waals surface area contributed by atoms with E-state index in [0.717, 1.165) is 31.4 Å². The number of carbonyl (C=O) groups excluding carboxylic acids is 1. The van der Waals surface area contributed by atoms with Crippen LogP contribution in [-0.2, 0) is 0 Å². The molecule has 0 heterocycles. The Balaban J connectivity index is 2.04. The van der Waals surface area contributed by atoms with Crippen LogP contribution in [-0.4, -0.2) is 34.7 Å². The first-order valence-electron chi connectivity index (χ1n) is 6.64. The van der Waals surface area contributed by atoms with Gasteiger partial charge in [0.05, 0.1) is 11.3 Å². The highest BCUT2D eigenvalue weighted by Crippen LogP contribution is 2.28. The van der Waals surface area contributed by atoms with Crippen molar-refractivity contribution in [3.8, 4) is 0 Å². The quantitative estimate of drug-likeness (QED) is 0.799. The summed E-state index contributed by atoms with van der Waals surface area (Å²) in [7, 11) is 0. The van der Waals surface area contributed by atoms with Gasteiger partial charge in [-0.2, -0.15) is 11.8 Å². The molecule has 1 aliphatic carbocycles. The molecule has 0 aromatic heterocycles. The molecule has 3 N–H and O–H groups in total. The minimum Gasteiger partial charge on any atom is -0.478 e. The van der Waals surface area contributed by atoms with Crippen molar-refractivity contribution in [1.29, 1.82) is 0 Å². The average Bonchev–Trinajstić information content (AvgIpc) is 2.87. The number of urea groups is 1. The minimum atomic E-state index is -1.28. The van der Waals surface area contributed by atoms with Crippen LogP contribution in [0.15, 0.2) is 18.2 Å². The molecule has 1 fully saturated rings. The number of carboxylic acid groups (broad SMARTS) is 1. The number of benzene rings is 1. The number of hydrogen-bond donors (Lipinski definition) is 3. The van der Waals surface area contributed by atoms with E-state index >= 15 is 0 Å². The Morgan fingerprint density at radius 1 is 1.38 bits per heavy atom. The van der Waals surface area contributed by atoms with Crippen LogP contribution in [0.2, 0.25) is 0 Å². The molecule has 7 heteroatoms. The zero-order valence-electron chi connectivity index (χ0n) is 11.6. The van der Waals surface area contributed by atoms with E-state index in [9.17, 15) is 14.0 Å². The molecule has 2 unspecified atom stereocenters. The molecule has 2 rings (SSSR count). The van der Waals surface area contributed by atoms with Gasteiger partial charge in [0.15, 0.2) is 0 Å². The highest BCUT2D eigenvalue weighted by molar-refractivity contribution is 7.99. The van der Waals surface area contributed by atoms with Gasteiger partial charge in [0, 0.05) is 11.3 Å². The lowest BCUT2D eigenvalue weighted by atomic mass is 10.1. The smallest absolute Gasteiger partial charge is 0.337 e. The number of hydrogen-bond acceptors (Lipinski definition) is 3. The van der Waals surface area contributed by atoms with Gasteiger partial charge in [-0.25, -0.2) is 14.0 Å². The molecule has 0 saturated heterocycles. The van der Waals surface area contributed by atoms with E-state index in [-0.39, 0.29) is 17.3 Å².